The van der Waals surface area contributed by atoms with E-state index in [2.05, 4.69) is 20.9 Å². The maximum Gasteiger partial charge on any atom is 0.330 e. The van der Waals surface area contributed by atoms with Crippen molar-refractivity contribution in [3.05, 3.63) is 43.2 Å². The molecule has 0 aliphatic carbocycles. The average Bonchev–Trinajstić information content (AvgIpc) is 2.71. The van der Waals surface area contributed by atoms with Gasteiger partial charge in [0.25, 0.3) is 5.56 Å². The number of aliphatic hydroxyl groups is 1. The van der Waals surface area contributed by atoms with Crippen molar-refractivity contribution in [1.29, 1.82) is 0 Å². The van der Waals surface area contributed by atoms with Crippen LogP contribution in [-0.2, 0) is 4.74 Å². The molecule has 86 valence electrons. The summed E-state index contributed by atoms with van der Waals surface area (Å²) in [6.07, 6.45) is 2.43. The molecule has 0 amide bonds. The van der Waals surface area contributed by atoms with E-state index in [-0.39, 0.29) is 17.7 Å². The summed E-state index contributed by atoms with van der Waals surface area (Å²) in [5, 5.41) is 8.90. The second-order valence-electron chi connectivity index (χ2n) is 3.33. The van der Waals surface area contributed by atoms with Gasteiger partial charge in [0.15, 0.2) is 6.23 Å². The van der Waals surface area contributed by atoms with Gasteiger partial charge in [0.2, 0.25) is 0 Å². The Hall–Kier alpha value is -1.18. The Kier molecular flexibility index (Phi) is 3.08. The largest absolute Gasteiger partial charge is 0.392 e. The van der Waals surface area contributed by atoms with Crippen LogP contribution >= 0.6 is 15.9 Å². The first-order chi connectivity index (χ1) is 7.61. The van der Waals surface area contributed by atoms with Crippen molar-refractivity contribution in [2.45, 2.75) is 6.23 Å². The topological polar surface area (TPSA) is 84.3 Å². The molecule has 0 radical (unpaired) electrons. The fraction of sp³-hybridized carbons (Fsp3) is 0.333. The van der Waals surface area contributed by atoms with Crippen LogP contribution in [0.3, 0.4) is 0 Å². The second-order valence-corrected chi connectivity index (χ2v) is 4.18. The number of rotatable bonds is 2. The highest BCUT2D eigenvalue weighted by Crippen LogP contribution is 2.19. The fourth-order valence-electron chi connectivity index (χ4n) is 1.40. The van der Waals surface area contributed by atoms with E-state index in [1.807, 2.05) is 0 Å². The summed E-state index contributed by atoms with van der Waals surface area (Å²) < 4.78 is 6.78. The predicted octanol–water partition coefficient (Wildman–Crippen LogP) is -0.253. The SMILES string of the molecule is O=c1[nH]c(=O)n([C@@H]2C=C(CO)CO2)cc1Br. The smallest absolute Gasteiger partial charge is 0.330 e. The fourth-order valence-corrected chi connectivity index (χ4v) is 1.72. The van der Waals surface area contributed by atoms with Crippen molar-refractivity contribution in [3.63, 3.8) is 0 Å². The quantitative estimate of drug-likeness (QED) is 0.735. The average molecular weight is 289 g/mol. The monoisotopic (exact) mass is 288 g/mol. The van der Waals surface area contributed by atoms with Gasteiger partial charge in [-0.25, -0.2) is 4.79 Å². The van der Waals surface area contributed by atoms with Gasteiger partial charge in [0, 0.05) is 6.20 Å². The van der Waals surface area contributed by atoms with Crippen molar-refractivity contribution >= 4 is 15.9 Å². The Bertz CT molecular complexity index is 545. The number of ether oxygens (including phenoxy) is 1. The van der Waals surface area contributed by atoms with E-state index in [0.29, 0.717) is 5.57 Å². The minimum Gasteiger partial charge on any atom is -0.392 e. The van der Waals surface area contributed by atoms with Crippen LogP contribution < -0.4 is 11.2 Å². The molecule has 0 saturated carbocycles. The van der Waals surface area contributed by atoms with Crippen molar-refractivity contribution < 1.29 is 9.84 Å². The van der Waals surface area contributed by atoms with Gasteiger partial charge in [-0.2, -0.15) is 0 Å². The molecule has 2 N–H and O–H groups in total. The van der Waals surface area contributed by atoms with E-state index in [9.17, 15) is 9.59 Å². The Morgan fingerprint density at radius 1 is 1.62 bits per heavy atom. The predicted molar refractivity (Wildman–Crippen MR) is 59.2 cm³/mol. The molecule has 0 saturated heterocycles. The third-order valence-corrected chi connectivity index (χ3v) is 2.78. The summed E-state index contributed by atoms with van der Waals surface area (Å²) in [6, 6.07) is 0. The molecule has 1 aliphatic rings. The summed E-state index contributed by atoms with van der Waals surface area (Å²) in [7, 11) is 0. The molecule has 1 aromatic rings. The van der Waals surface area contributed by atoms with Gasteiger partial charge in [-0.05, 0) is 27.6 Å². The lowest BCUT2D eigenvalue weighted by molar-refractivity contribution is 0.0679. The van der Waals surface area contributed by atoms with Crippen LogP contribution in [0, 0.1) is 0 Å². The van der Waals surface area contributed by atoms with Gasteiger partial charge in [0.1, 0.15) is 0 Å². The highest BCUT2D eigenvalue weighted by atomic mass is 79.9. The summed E-state index contributed by atoms with van der Waals surface area (Å²) in [4.78, 5) is 24.8. The molecule has 6 nitrogen and oxygen atoms in total. The van der Waals surface area contributed by atoms with Crippen LogP contribution in [0.5, 0.6) is 0 Å². The number of nitrogens with zero attached hydrogens (tertiary/aromatic N) is 1. The summed E-state index contributed by atoms with van der Waals surface area (Å²) in [6.45, 7) is 0.181. The first kappa shape index (κ1) is 11.3. The molecule has 2 rings (SSSR count). The second kappa shape index (κ2) is 4.36. The molecule has 0 bridgehead atoms. The zero-order valence-corrected chi connectivity index (χ0v) is 9.73. The lowest BCUT2D eigenvalue weighted by atomic mass is 10.3. The van der Waals surface area contributed by atoms with Gasteiger partial charge < -0.3 is 9.84 Å². The van der Waals surface area contributed by atoms with E-state index < -0.39 is 17.5 Å². The molecule has 7 heteroatoms. The highest BCUT2D eigenvalue weighted by molar-refractivity contribution is 9.10. The third kappa shape index (κ3) is 2.01. The molecular weight excluding hydrogens is 280 g/mol. The van der Waals surface area contributed by atoms with Gasteiger partial charge in [-0.3, -0.25) is 14.3 Å². The summed E-state index contributed by atoms with van der Waals surface area (Å²) >= 11 is 3.03. The molecule has 1 aliphatic heterocycles. The summed E-state index contributed by atoms with van der Waals surface area (Å²) in [5.74, 6) is 0. The van der Waals surface area contributed by atoms with Crippen LogP contribution in [0.2, 0.25) is 0 Å². The zero-order chi connectivity index (χ0) is 11.7. The number of hydrogen-bond acceptors (Lipinski definition) is 4. The number of nitrogens with one attached hydrogen (secondary N) is 1. The normalized spacial score (nSPS) is 19.9. The first-order valence-electron chi connectivity index (χ1n) is 4.55. The van der Waals surface area contributed by atoms with E-state index in [1.54, 1.807) is 6.08 Å². The Balaban J connectivity index is 2.43. The lowest BCUT2D eigenvalue weighted by Gasteiger charge is -2.11. The molecule has 0 fully saturated rings. The molecule has 1 aromatic heterocycles. The van der Waals surface area contributed by atoms with E-state index in [1.165, 1.54) is 10.8 Å². The molecule has 0 unspecified atom stereocenters. The highest BCUT2D eigenvalue weighted by Gasteiger charge is 2.19. The van der Waals surface area contributed by atoms with Crippen molar-refractivity contribution in [3.8, 4) is 0 Å². The van der Waals surface area contributed by atoms with Gasteiger partial charge in [0.05, 0.1) is 17.7 Å². The molecule has 0 aromatic carbocycles. The zero-order valence-electron chi connectivity index (χ0n) is 8.14. The Labute approximate surface area is 98.3 Å². The molecule has 1 atom stereocenters. The number of aromatic amines is 1. The van der Waals surface area contributed by atoms with Crippen LogP contribution in [0.25, 0.3) is 0 Å². The number of H-pyrrole nitrogens is 1. The third-order valence-electron chi connectivity index (χ3n) is 2.22. The minimum atomic E-state index is -0.581. The minimum absolute atomic E-state index is 0.101. The van der Waals surface area contributed by atoms with E-state index in [4.69, 9.17) is 9.84 Å². The van der Waals surface area contributed by atoms with Gasteiger partial charge in [-0.15, -0.1) is 0 Å². The maximum atomic E-state index is 11.5. The number of aromatic nitrogens is 2. The van der Waals surface area contributed by atoms with Gasteiger partial charge >= 0.3 is 5.69 Å². The first-order valence-corrected chi connectivity index (χ1v) is 5.34. The molecular formula is C9H9BrN2O4. The summed E-state index contributed by atoms with van der Waals surface area (Å²) in [5.41, 5.74) is -0.321. The van der Waals surface area contributed by atoms with Crippen molar-refractivity contribution in [2.24, 2.45) is 0 Å². The molecule has 16 heavy (non-hydrogen) atoms. The van der Waals surface area contributed by atoms with Crippen LogP contribution in [-0.4, -0.2) is 27.9 Å². The van der Waals surface area contributed by atoms with Crippen LogP contribution in [0.1, 0.15) is 6.23 Å². The van der Waals surface area contributed by atoms with Crippen molar-refractivity contribution in [1.82, 2.24) is 9.55 Å². The van der Waals surface area contributed by atoms with E-state index >= 15 is 0 Å². The van der Waals surface area contributed by atoms with Crippen LogP contribution in [0.4, 0.5) is 0 Å². The number of aliphatic hydroxyl groups excluding tert-OH is 1. The standard InChI is InChI=1S/C9H9BrN2O4/c10-6-2-12(9(15)11-8(6)14)7-1-5(3-13)4-16-7/h1-2,7,13H,3-4H2,(H,11,14,15)/t7-/m0/s1. The molecule has 2 heterocycles. The Morgan fingerprint density at radius 2 is 2.38 bits per heavy atom. The molecule has 0 spiro atoms. The number of halogens is 1. The maximum absolute atomic E-state index is 11.5. The Morgan fingerprint density at radius 3 is 3.00 bits per heavy atom. The van der Waals surface area contributed by atoms with Crippen molar-refractivity contribution in [2.75, 3.05) is 13.2 Å². The van der Waals surface area contributed by atoms with Crippen LogP contribution in [0.15, 0.2) is 31.9 Å². The van der Waals surface area contributed by atoms with Gasteiger partial charge in [-0.1, -0.05) is 0 Å². The van der Waals surface area contributed by atoms with E-state index in [0.717, 1.165) is 0 Å². The number of hydrogen-bond donors (Lipinski definition) is 2. The lowest BCUT2D eigenvalue weighted by Crippen LogP contribution is -2.32.